The fourth-order valence-electron chi connectivity index (χ4n) is 3.19. The SMILES string of the molecule is Cl.NC(=O)C(O)CC(c1ccccc1)C1CCCCC1. The van der Waals surface area contributed by atoms with Crippen LogP contribution >= 0.6 is 12.4 Å². The second-order valence-corrected chi connectivity index (χ2v) is 5.57. The lowest BCUT2D eigenvalue weighted by Gasteiger charge is -2.31. The average Bonchev–Trinajstić information content (AvgIpc) is 2.46. The molecule has 2 rings (SSSR count). The van der Waals surface area contributed by atoms with Crippen LogP contribution in [0.25, 0.3) is 0 Å². The van der Waals surface area contributed by atoms with E-state index in [1.807, 2.05) is 18.2 Å². The number of aliphatic hydroxyl groups excluding tert-OH is 1. The lowest BCUT2D eigenvalue weighted by atomic mass is 9.74. The van der Waals surface area contributed by atoms with Crippen molar-refractivity contribution in [2.24, 2.45) is 11.7 Å². The molecule has 1 aliphatic carbocycles. The van der Waals surface area contributed by atoms with Crippen LogP contribution < -0.4 is 5.73 Å². The van der Waals surface area contributed by atoms with Crippen LogP contribution in [0.2, 0.25) is 0 Å². The summed E-state index contributed by atoms with van der Waals surface area (Å²) in [4.78, 5) is 11.1. The van der Waals surface area contributed by atoms with Gasteiger partial charge in [0.05, 0.1) is 0 Å². The molecule has 1 aromatic rings. The van der Waals surface area contributed by atoms with Gasteiger partial charge >= 0.3 is 0 Å². The van der Waals surface area contributed by atoms with Crippen LogP contribution in [0.1, 0.15) is 50.0 Å². The lowest BCUT2D eigenvalue weighted by Crippen LogP contribution is -2.31. The second kappa shape index (κ2) is 8.28. The van der Waals surface area contributed by atoms with Gasteiger partial charge in [-0.1, -0.05) is 49.6 Å². The molecule has 4 heteroatoms. The molecule has 2 atom stereocenters. The molecule has 0 bridgehead atoms. The van der Waals surface area contributed by atoms with Gasteiger partial charge in [0.1, 0.15) is 6.10 Å². The fourth-order valence-corrected chi connectivity index (χ4v) is 3.19. The van der Waals surface area contributed by atoms with E-state index in [0.29, 0.717) is 12.3 Å². The highest BCUT2D eigenvalue weighted by molar-refractivity contribution is 5.85. The number of hydrogen-bond acceptors (Lipinski definition) is 2. The van der Waals surface area contributed by atoms with Gasteiger partial charge in [-0.2, -0.15) is 0 Å². The van der Waals surface area contributed by atoms with E-state index in [1.165, 1.54) is 37.7 Å². The van der Waals surface area contributed by atoms with Crippen molar-refractivity contribution >= 4 is 18.3 Å². The molecular weight excluding hydrogens is 274 g/mol. The van der Waals surface area contributed by atoms with Crippen LogP contribution in [0.15, 0.2) is 30.3 Å². The maximum Gasteiger partial charge on any atom is 0.246 e. The minimum Gasteiger partial charge on any atom is -0.383 e. The summed E-state index contributed by atoms with van der Waals surface area (Å²) in [6, 6.07) is 10.2. The zero-order valence-electron chi connectivity index (χ0n) is 11.7. The summed E-state index contributed by atoms with van der Waals surface area (Å²) in [5, 5.41) is 9.81. The molecule has 112 valence electrons. The summed E-state index contributed by atoms with van der Waals surface area (Å²) in [7, 11) is 0. The van der Waals surface area contributed by atoms with Gasteiger partial charge in [0.25, 0.3) is 0 Å². The number of benzene rings is 1. The Morgan fingerprint density at radius 3 is 2.35 bits per heavy atom. The molecule has 1 amide bonds. The van der Waals surface area contributed by atoms with E-state index in [4.69, 9.17) is 5.73 Å². The lowest BCUT2D eigenvalue weighted by molar-refractivity contribution is -0.126. The van der Waals surface area contributed by atoms with Crippen LogP contribution in [0, 0.1) is 5.92 Å². The highest BCUT2D eigenvalue weighted by Crippen LogP contribution is 2.38. The maximum absolute atomic E-state index is 11.1. The predicted molar refractivity (Wildman–Crippen MR) is 82.8 cm³/mol. The molecule has 1 aliphatic rings. The highest BCUT2D eigenvalue weighted by atomic mass is 35.5. The van der Waals surface area contributed by atoms with Crippen LogP contribution in [0.5, 0.6) is 0 Å². The monoisotopic (exact) mass is 297 g/mol. The number of rotatable bonds is 5. The number of carbonyl (C=O) groups excluding carboxylic acids is 1. The van der Waals surface area contributed by atoms with Crippen molar-refractivity contribution < 1.29 is 9.90 Å². The molecule has 2 unspecified atom stereocenters. The number of hydrogen-bond donors (Lipinski definition) is 2. The van der Waals surface area contributed by atoms with E-state index in [0.717, 1.165) is 0 Å². The third-order valence-corrected chi connectivity index (χ3v) is 4.25. The van der Waals surface area contributed by atoms with Crippen LogP contribution in [-0.4, -0.2) is 17.1 Å². The zero-order valence-corrected chi connectivity index (χ0v) is 12.5. The summed E-state index contributed by atoms with van der Waals surface area (Å²) in [5.74, 6) is 0.186. The van der Waals surface area contributed by atoms with Gasteiger partial charge in [0.15, 0.2) is 0 Å². The number of aliphatic hydroxyl groups is 1. The smallest absolute Gasteiger partial charge is 0.246 e. The Hall–Kier alpha value is -1.06. The van der Waals surface area contributed by atoms with Crippen molar-refractivity contribution in [3.63, 3.8) is 0 Å². The third kappa shape index (κ3) is 4.50. The Balaban J connectivity index is 0.00000200. The molecule has 0 radical (unpaired) electrons. The van der Waals surface area contributed by atoms with Crippen molar-refractivity contribution in [3.8, 4) is 0 Å². The van der Waals surface area contributed by atoms with E-state index in [2.05, 4.69) is 12.1 Å². The van der Waals surface area contributed by atoms with Gasteiger partial charge in [-0.15, -0.1) is 12.4 Å². The summed E-state index contributed by atoms with van der Waals surface area (Å²) < 4.78 is 0. The first kappa shape index (κ1) is 17.0. The van der Waals surface area contributed by atoms with Crippen LogP contribution in [0.4, 0.5) is 0 Å². The molecule has 0 saturated heterocycles. The molecular formula is C16H24ClNO2. The molecule has 1 saturated carbocycles. The maximum atomic E-state index is 11.1. The molecule has 1 fully saturated rings. The third-order valence-electron chi connectivity index (χ3n) is 4.25. The number of amides is 1. The van der Waals surface area contributed by atoms with E-state index >= 15 is 0 Å². The Morgan fingerprint density at radius 1 is 1.20 bits per heavy atom. The molecule has 0 aromatic heterocycles. The van der Waals surface area contributed by atoms with Crippen molar-refractivity contribution in [3.05, 3.63) is 35.9 Å². The first-order valence-electron chi connectivity index (χ1n) is 7.21. The predicted octanol–water partition coefficient (Wildman–Crippen LogP) is 3.01. The molecule has 20 heavy (non-hydrogen) atoms. The molecule has 0 heterocycles. The number of halogens is 1. The first-order valence-corrected chi connectivity index (χ1v) is 7.21. The van der Waals surface area contributed by atoms with E-state index in [9.17, 15) is 9.90 Å². The number of primary amides is 1. The molecule has 3 nitrogen and oxygen atoms in total. The van der Waals surface area contributed by atoms with Crippen molar-refractivity contribution in [1.82, 2.24) is 0 Å². The normalized spacial score (nSPS) is 18.9. The molecule has 1 aromatic carbocycles. The summed E-state index contributed by atoms with van der Waals surface area (Å²) in [6.45, 7) is 0. The molecule has 0 aliphatic heterocycles. The van der Waals surface area contributed by atoms with E-state index in [1.54, 1.807) is 0 Å². The minimum atomic E-state index is -1.04. The molecule has 3 N–H and O–H groups in total. The van der Waals surface area contributed by atoms with Gasteiger partial charge < -0.3 is 10.8 Å². The number of nitrogens with two attached hydrogens (primary N) is 1. The Kier molecular flexibility index (Phi) is 7.03. The van der Waals surface area contributed by atoms with Crippen molar-refractivity contribution in [1.29, 1.82) is 0 Å². The van der Waals surface area contributed by atoms with Gasteiger partial charge in [0, 0.05) is 0 Å². The standard InChI is InChI=1S/C16H23NO2.ClH/c17-16(19)15(18)11-14(12-7-3-1-4-8-12)13-9-5-2-6-10-13;/h1,3-4,7-8,13-15,18H,2,5-6,9-11H2,(H2,17,19);1H. The van der Waals surface area contributed by atoms with Gasteiger partial charge in [-0.3, -0.25) is 4.79 Å². The Morgan fingerprint density at radius 2 is 1.80 bits per heavy atom. The van der Waals surface area contributed by atoms with E-state index in [-0.39, 0.29) is 18.3 Å². The quantitative estimate of drug-likeness (QED) is 0.877. The second-order valence-electron chi connectivity index (χ2n) is 5.57. The van der Waals surface area contributed by atoms with Gasteiger partial charge in [-0.25, -0.2) is 0 Å². The van der Waals surface area contributed by atoms with Crippen molar-refractivity contribution in [2.45, 2.75) is 50.5 Å². The summed E-state index contributed by atoms with van der Waals surface area (Å²) in [5.41, 5.74) is 6.42. The summed E-state index contributed by atoms with van der Waals surface area (Å²) in [6.07, 6.45) is 5.59. The van der Waals surface area contributed by atoms with Crippen LogP contribution in [0.3, 0.4) is 0 Å². The summed E-state index contributed by atoms with van der Waals surface area (Å²) >= 11 is 0. The Labute approximate surface area is 127 Å². The van der Waals surface area contributed by atoms with Crippen molar-refractivity contribution in [2.75, 3.05) is 0 Å². The largest absolute Gasteiger partial charge is 0.383 e. The topological polar surface area (TPSA) is 63.3 Å². The molecule has 0 spiro atoms. The average molecular weight is 298 g/mol. The Bertz CT molecular complexity index is 404. The van der Waals surface area contributed by atoms with E-state index < -0.39 is 12.0 Å². The van der Waals surface area contributed by atoms with Gasteiger partial charge in [0.2, 0.25) is 5.91 Å². The highest BCUT2D eigenvalue weighted by Gasteiger charge is 2.28. The van der Waals surface area contributed by atoms with Crippen LogP contribution in [-0.2, 0) is 4.79 Å². The first-order chi connectivity index (χ1) is 9.18. The van der Waals surface area contributed by atoms with Gasteiger partial charge in [-0.05, 0) is 36.7 Å². The zero-order chi connectivity index (χ0) is 13.7. The fraction of sp³-hybridized carbons (Fsp3) is 0.562. The minimum absolute atomic E-state index is 0. The number of carbonyl (C=O) groups is 1.